The van der Waals surface area contributed by atoms with Gasteiger partial charge < -0.3 is 4.90 Å². The van der Waals surface area contributed by atoms with E-state index in [1.807, 2.05) is 4.90 Å². The Bertz CT molecular complexity index is 282. The van der Waals surface area contributed by atoms with E-state index >= 15 is 0 Å². The molecule has 0 bridgehead atoms. The number of hydrogen-bond donors (Lipinski definition) is 0. The summed E-state index contributed by atoms with van der Waals surface area (Å²) in [5.74, 6) is 1.18. The molecule has 0 aromatic carbocycles. The monoisotopic (exact) mass is 211 g/mol. The first-order chi connectivity index (χ1) is 6.68. The van der Waals surface area contributed by atoms with E-state index in [0.717, 1.165) is 25.9 Å². The molecule has 1 amide bonds. The van der Waals surface area contributed by atoms with Gasteiger partial charge in [0.25, 0.3) is 5.91 Å². The van der Waals surface area contributed by atoms with Crippen molar-refractivity contribution in [2.75, 3.05) is 13.1 Å². The molecule has 0 aromatic heterocycles. The fourth-order valence-corrected chi connectivity index (χ4v) is 2.47. The molecule has 3 heteroatoms. The quantitative estimate of drug-likeness (QED) is 0.481. The topological polar surface area (TPSA) is 20.3 Å². The molecule has 1 aliphatic carbocycles. The summed E-state index contributed by atoms with van der Waals surface area (Å²) in [5.41, 5.74) is 0. The van der Waals surface area contributed by atoms with Crippen LogP contribution >= 0.6 is 11.6 Å². The summed E-state index contributed by atoms with van der Waals surface area (Å²) in [7, 11) is 0. The number of likely N-dealkylation sites (tertiary alicyclic amines) is 1. The predicted octanol–water partition coefficient (Wildman–Crippen LogP) is 2.16. The third-order valence-corrected chi connectivity index (χ3v) is 3.30. The lowest BCUT2D eigenvalue weighted by atomic mass is 9.86. The van der Waals surface area contributed by atoms with E-state index in [9.17, 15) is 4.79 Å². The van der Waals surface area contributed by atoms with Gasteiger partial charge in [0.05, 0.1) is 5.03 Å². The Balaban J connectivity index is 2.01. The summed E-state index contributed by atoms with van der Waals surface area (Å²) in [6.07, 6.45) is 6.63. The molecule has 2 atom stereocenters. The van der Waals surface area contributed by atoms with Gasteiger partial charge in [-0.3, -0.25) is 4.79 Å². The van der Waals surface area contributed by atoms with Gasteiger partial charge in [0, 0.05) is 13.1 Å². The van der Waals surface area contributed by atoms with Crippen molar-refractivity contribution in [1.29, 1.82) is 0 Å². The highest BCUT2D eigenvalue weighted by atomic mass is 35.5. The predicted molar refractivity (Wildman–Crippen MR) is 56.9 cm³/mol. The number of carbonyl (C=O) groups is 1. The van der Waals surface area contributed by atoms with Gasteiger partial charge in [-0.2, -0.15) is 0 Å². The maximum atomic E-state index is 11.6. The SMILES string of the molecule is C=C(Cl)C(=O)N1C[C@H]2CC=CC[C@H]2C1. The molecule has 2 aliphatic rings. The van der Waals surface area contributed by atoms with Gasteiger partial charge in [0.1, 0.15) is 0 Å². The Kier molecular flexibility index (Phi) is 2.64. The third kappa shape index (κ3) is 1.71. The lowest BCUT2D eigenvalue weighted by Gasteiger charge is -2.17. The Morgan fingerprint density at radius 2 is 1.79 bits per heavy atom. The molecule has 1 saturated heterocycles. The first-order valence-electron chi connectivity index (χ1n) is 4.97. The average molecular weight is 212 g/mol. The Morgan fingerprint density at radius 1 is 1.29 bits per heavy atom. The zero-order chi connectivity index (χ0) is 10.1. The second-order valence-electron chi connectivity index (χ2n) is 4.08. The molecular weight excluding hydrogens is 198 g/mol. The van der Waals surface area contributed by atoms with Crippen molar-refractivity contribution < 1.29 is 4.79 Å². The molecule has 0 unspecified atom stereocenters. The van der Waals surface area contributed by atoms with Crippen LogP contribution in [0.1, 0.15) is 12.8 Å². The van der Waals surface area contributed by atoms with Crippen molar-refractivity contribution in [3.05, 3.63) is 23.8 Å². The number of amides is 1. The second kappa shape index (κ2) is 3.77. The minimum Gasteiger partial charge on any atom is -0.337 e. The van der Waals surface area contributed by atoms with Crippen LogP contribution in [-0.4, -0.2) is 23.9 Å². The first kappa shape index (κ1) is 9.78. The highest BCUT2D eigenvalue weighted by molar-refractivity contribution is 6.41. The largest absolute Gasteiger partial charge is 0.337 e. The van der Waals surface area contributed by atoms with Crippen molar-refractivity contribution in [3.8, 4) is 0 Å². The molecule has 0 aromatic rings. The zero-order valence-corrected chi connectivity index (χ0v) is 8.83. The molecule has 1 fully saturated rings. The van der Waals surface area contributed by atoms with E-state index in [2.05, 4.69) is 18.7 Å². The van der Waals surface area contributed by atoms with Crippen LogP contribution in [0.15, 0.2) is 23.8 Å². The molecule has 2 rings (SSSR count). The standard InChI is InChI=1S/C11H14ClNO/c1-8(12)11(14)13-6-9-4-2-3-5-10(9)7-13/h2-3,9-10H,1,4-7H2/t9-,10+. The van der Waals surface area contributed by atoms with E-state index in [4.69, 9.17) is 11.6 Å². The Hall–Kier alpha value is -0.760. The van der Waals surface area contributed by atoms with E-state index in [1.54, 1.807) is 0 Å². The molecule has 0 radical (unpaired) electrons. The molecule has 1 heterocycles. The first-order valence-corrected chi connectivity index (χ1v) is 5.35. The summed E-state index contributed by atoms with van der Waals surface area (Å²) in [6, 6.07) is 0. The average Bonchev–Trinajstić information content (AvgIpc) is 2.59. The van der Waals surface area contributed by atoms with Crippen molar-refractivity contribution in [1.82, 2.24) is 4.90 Å². The number of fused-ring (bicyclic) bond motifs is 1. The fraction of sp³-hybridized carbons (Fsp3) is 0.545. The fourth-order valence-electron chi connectivity index (χ4n) is 2.35. The van der Waals surface area contributed by atoms with Gasteiger partial charge in [-0.15, -0.1) is 0 Å². The summed E-state index contributed by atoms with van der Waals surface area (Å²) < 4.78 is 0. The van der Waals surface area contributed by atoms with Crippen LogP contribution in [0.25, 0.3) is 0 Å². The lowest BCUT2D eigenvalue weighted by molar-refractivity contribution is -0.125. The van der Waals surface area contributed by atoms with E-state index in [0.29, 0.717) is 11.8 Å². The highest BCUT2D eigenvalue weighted by Crippen LogP contribution is 2.33. The molecule has 14 heavy (non-hydrogen) atoms. The van der Waals surface area contributed by atoms with Crippen LogP contribution in [0, 0.1) is 11.8 Å². The van der Waals surface area contributed by atoms with Crippen LogP contribution in [0.4, 0.5) is 0 Å². The highest BCUT2D eigenvalue weighted by Gasteiger charge is 2.35. The summed E-state index contributed by atoms with van der Waals surface area (Å²) in [4.78, 5) is 13.4. The normalized spacial score (nSPS) is 30.2. The van der Waals surface area contributed by atoms with Gasteiger partial charge in [-0.1, -0.05) is 30.3 Å². The number of carbonyl (C=O) groups excluding carboxylic acids is 1. The Labute approximate surface area is 89.2 Å². The van der Waals surface area contributed by atoms with Gasteiger partial charge in [-0.25, -0.2) is 0 Å². The molecular formula is C11H14ClNO. The number of allylic oxidation sites excluding steroid dienone is 2. The third-order valence-electron chi connectivity index (χ3n) is 3.14. The molecule has 0 spiro atoms. The minimum atomic E-state index is -0.0962. The van der Waals surface area contributed by atoms with E-state index in [1.165, 1.54) is 0 Å². The number of hydrogen-bond acceptors (Lipinski definition) is 1. The van der Waals surface area contributed by atoms with Crippen LogP contribution < -0.4 is 0 Å². The summed E-state index contributed by atoms with van der Waals surface area (Å²) >= 11 is 5.60. The van der Waals surface area contributed by atoms with Crippen molar-refractivity contribution >= 4 is 17.5 Å². The summed E-state index contributed by atoms with van der Waals surface area (Å²) in [5, 5.41) is 0.136. The van der Waals surface area contributed by atoms with Crippen molar-refractivity contribution in [3.63, 3.8) is 0 Å². The van der Waals surface area contributed by atoms with Crippen LogP contribution in [0.2, 0.25) is 0 Å². The van der Waals surface area contributed by atoms with Crippen LogP contribution in [0.3, 0.4) is 0 Å². The van der Waals surface area contributed by atoms with Crippen LogP contribution in [0.5, 0.6) is 0 Å². The zero-order valence-electron chi connectivity index (χ0n) is 8.08. The molecule has 0 N–H and O–H groups in total. The maximum absolute atomic E-state index is 11.6. The van der Waals surface area contributed by atoms with Crippen molar-refractivity contribution in [2.24, 2.45) is 11.8 Å². The number of rotatable bonds is 1. The van der Waals surface area contributed by atoms with Gasteiger partial charge in [-0.05, 0) is 24.7 Å². The summed E-state index contributed by atoms with van der Waals surface area (Å²) in [6.45, 7) is 5.17. The van der Waals surface area contributed by atoms with Crippen molar-refractivity contribution in [2.45, 2.75) is 12.8 Å². The smallest absolute Gasteiger partial charge is 0.264 e. The molecule has 76 valence electrons. The maximum Gasteiger partial charge on any atom is 0.264 e. The minimum absolute atomic E-state index is 0.0962. The molecule has 2 nitrogen and oxygen atoms in total. The number of halogens is 1. The van der Waals surface area contributed by atoms with Gasteiger partial charge in [0.2, 0.25) is 0 Å². The number of nitrogens with zero attached hydrogens (tertiary/aromatic N) is 1. The Morgan fingerprint density at radius 3 is 2.21 bits per heavy atom. The van der Waals surface area contributed by atoms with Gasteiger partial charge >= 0.3 is 0 Å². The second-order valence-corrected chi connectivity index (χ2v) is 4.53. The van der Waals surface area contributed by atoms with E-state index < -0.39 is 0 Å². The molecule has 1 aliphatic heterocycles. The van der Waals surface area contributed by atoms with E-state index in [-0.39, 0.29) is 10.9 Å². The van der Waals surface area contributed by atoms with Gasteiger partial charge in [0.15, 0.2) is 0 Å². The molecule has 0 saturated carbocycles. The van der Waals surface area contributed by atoms with Crippen LogP contribution in [-0.2, 0) is 4.79 Å². The lowest BCUT2D eigenvalue weighted by Crippen LogP contribution is -2.28.